The van der Waals surface area contributed by atoms with Crippen LogP contribution in [-0.4, -0.2) is 55.2 Å². The minimum atomic E-state index is -4.59. The predicted octanol–water partition coefficient (Wildman–Crippen LogP) is 5.87. The number of aromatic nitrogens is 3. The molecular weight excluding hydrogens is 480 g/mol. The maximum atomic E-state index is 15.8. The Morgan fingerprint density at radius 1 is 1.22 bits per heavy atom. The van der Waals surface area contributed by atoms with Crippen molar-refractivity contribution in [3.63, 3.8) is 0 Å². The molecule has 1 aliphatic heterocycles. The number of pyridine rings is 1. The number of carbonyl (C=O) groups excluding carboxylic acids is 1. The molecule has 1 unspecified atom stereocenters. The lowest BCUT2D eigenvalue weighted by molar-refractivity contribution is -0.137. The van der Waals surface area contributed by atoms with E-state index in [4.69, 9.17) is 4.74 Å². The highest BCUT2D eigenvalue weighted by molar-refractivity contribution is 5.80. The van der Waals surface area contributed by atoms with Crippen molar-refractivity contribution in [2.45, 2.75) is 64.5 Å². The van der Waals surface area contributed by atoms with Crippen molar-refractivity contribution in [1.29, 1.82) is 0 Å². The van der Waals surface area contributed by atoms with Crippen LogP contribution in [-0.2, 0) is 17.5 Å². The van der Waals surface area contributed by atoms with Crippen molar-refractivity contribution in [2.24, 2.45) is 0 Å². The minimum absolute atomic E-state index is 0.109. The van der Waals surface area contributed by atoms with Crippen LogP contribution in [0.3, 0.4) is 0 Å². The van der Waals surface area contributed by atoms with Gasteiger partial charge in [-0.15, -0.1) is 0 Å². The molecule has 3 heterocycles. The summed E-state index contributed by atoms with van der Waals surface area (Å²) in [5.74, 6) is -0.541. The second-order valence-corrected chi connectivity index (χ2v) is 10.3. The number of rotatable bonds is 3. The summed E-state index contributed by atoms with van der Waals surface area (Å²) in [6.07, 6.45) is -2.80. The summed E-state index contributed by atoms with van der Waals surface area (Å²) in [5.41, 5.74) is -2.47. The Morgan fingerprint density at radius 3 is 2.58 bits per heavy atom. The Labute approximate surface area is 205 Å². The predicted molar refractivity (Wildman–Crippen MR) is 125 cm³/mol. The number of hydrogen-bond acceptors (Lipinski definition) is 5. The zero-order valence-electron chi connectivity index (χ0n) is 20.5. The second-order valence-electron chi connectivity index (χ2n) is 10.3. The monoisotopic (exact) mass is 508 g/mol. The third-order valence-corrected chi connectivity index (χ3v) is 5.94. The molecule has 0 spiro atoms. The van der Waals surface area contributed by atoms with E-state index in [0.29, 0.717) is 24.4 Å². The van der Waals surface area contributed by atoms with Crippen molar-refractivity contribution in [2.75, 3.05) is 13.1 Å². The molecule has 1 atom stereocenters. The Hall–Kier alpha value is -3.37. The van der Waals surface area contributed by atoms with Crippen molar-refractivity contribution < 1.29 is 32.2 Å². The molecule has 3 aromatic rings. The fraction of sp³-hybridized carbons (Fsp3) is 0.480. The maximum absolute atomic E-state index is 15.8. The van der Waals surface area contributed by atoms with Gasteiger partial charge in [0, 0.05) is 23.7 Å². The smallest absolute Gasteiger partial charge is 0.416 e. The first-order chi connectivity index (χ1) is 16.6. The van der Waals surface area contributed by atoms with Crippen LogP contribution in [0.1, 0.15) is 44.7 Å². The average Bonchev–Trinajstić information content (AvgIpc) is 3.12. The summed E-state index contributed by atoms with van der Waals surface area (Å²) in [6, 6.07) is 4.85. The van der Waals surface area contributed by atoms with Gasteiger partial charge >= 0.3 is 12.3 Å². The molecule has 2 aromatic heterocycles. The summed E-state index contributed by atoms with van der Waals surface area (Å²) >= 11 is 0. The third-order valence-electron chi connectivity index (χ3n) is 5.94. The lowest BCUT2D eigenvalue weighted by Crippen LogP contribution is -2.51. The van der Waals surface area contributed by atoms with E-state index in [9.17, 15) is 23.1 Å². The average molecular weight is 509 g/mol. The highest BCUT2D eigenvalue weighted by Crippen LogP contribution is 2.39. The van der Waals surface area contributed by atoms with Crippen molar-refractivity contribution in [1.82, 2.24) is 19.7 Å². The number of hydrogen-bond donors (Lipinski definition) is 1. The number of phenolic OH excluding ortho intramolecular Hbond substituents is 1. The zero-order valence-corrected chi connectivity index (χ0v) is 20.5. The quantitative estimate of drug-likeness (QED) is 0.448. The normalized spacial score (nSPS) is 19.1. The largest absolute Gasteiger partial charge is 0.507 e. The summed E-state index contributed by atoms with van der Waals surface area (Å²) in [4.78, 5) is 18.2. The van der Waals surface area contributed by atoms with Crippen LogP contribution < -0.4 is 0 Å². The molecule has 1 aromatic carbocycles. The van der Waals surface area contributed by atoms with E-state index in [1.54, 1.807) is 39.1 Å². The molecule has 1 amide bonds. The molecule has 1 fully saturated rings. The van der Waals surface area contributed by atoms with Crippen LogP contribution in [0.25, 0.3) is 22.3 Å². The Kier molecular flexibility index (Phi) is 6.38. The van der Waals surface area contributed by atoms with Crippen LogP contribution in [0.2, 0.25) is 0 Å². The summed E-state index contributed by atoms with van der Waals surface area (Å²) in [6.45, 7) is 6.88. The van der Waals surface area contributed by atoms with Gasteiger partial charge in [-0.2, -0.15) is 18.3 Å². The number of amides is 1. The van der Waals surface area contributed by atoms with Gasteiger partial charge in [-0.1, -0.05) is 0 Å². The summed E-state index contributed by atoms with van der Waals surface area (Å²) < 4.78 is 61.7. The standard InChI is InChI=1S/C25H28F4N4O3/c1-15-10-17(25(27,28)29)11-19(34)20(15)18-7-6-16-12-33(31-21(16)30-18)14-24(26)8-5-9-32(13-24)22(35)36-23(2,3)4/h6-7,10-12,34H,5,8-9,13-14H2,1-4H3. The summed E-state index contributed by atoms with van der Waals surface area (Å²) in [5, 5.41) is 15.3. The SMILES string of the molecule is Cc1cc(C(F)(F)F)cc(O)c1-c1ccc2cn(CC3(F)CCCN(C(=O)OC(C)(C)C)C3)nc2n1. The molecule has 1 N–H and O–H groups in total. The molecule has 194 valence electrons. The highest BCUT2D eigenvalue weighted by atomic mass is 19.4. The number of likely N-dealkylation sites (tertiary alicyclic amines) is 1. The fourth-order valence-electron chi connectivity index (χ4n) is 4.43. The van der Waals surface area contributed by atoms with Crippen LogP contribution in [0.15, 0.2) is 30.5 Å². The number of halogens is 4. The van der Waals surface area contributed by atoms with Crippen LogP contribution in [0, 0.1) is 6.92 Å². The highest BCUT2D eigenvalue weighted by Gasteiger charge is 2.39. The lowest BCUT2D eigenvalue weighted by Gasteiger charge is -2.37. The van der Waals surface area contributed by atoms with Crippen molar-refractivity contribution in [3.8, 4) is 17.0 Å². The molecule has 0 bridgehead atoms. The van der Waals surface area contributed by atoms with Gasteiger partial charge in [0.25, 0.3) is 0 Å². The van der Waals surface area contributed by atoms with Gasteiger partial charge in [0.05, 0.1) is 24.3 Å². The number of piperidine rings is 1. The molecule has 0 radical (unpaired) electrons. The molecule has 0 saturated carbocycles. The van der Waals surface area contributed by atoms with Gasteiger partial charge in [0.1, 0.15) is 17.0 Å². The third kappa shape index (κ3) is 5.55. The van der Waals surface area contributed by atoms with Gasteiger partial charge in [-0.05, 0) is 70.4 Å². The molecule has 4 rings (SSSR count). The minimum Gasteiger partial charge on any atom is -0.507 e. The van der Waals surface area contributed by atoms with Gasteiger partial charge in [0.2, 0.25) is 0 Å². The van der Waals surface area contributed by atoms with Crippen LogP contribution in [0.4, 0.5) is 22.4 Å². The first-order valence-corrected chi connectivity index (χ1v) is 11.6. The number of benzene rings is 1. The number of alkyl halides is 4. The van der Waals surface area contributed by atoms with Gasteiger partial charge in [-0.25, -0.2) is 14.2 Å². The Balaban J connectivity index is 1.57. The number of carbonyl (C=O) groups is 1. The van der Waals surface area contributed by atoms with E-state index in [1.807, 2.05) is 0 Å². The van der Waals surface area contributed by atoms with Crippen molar-refractivity contribution >= 4 is 17.1 Å². The van der Waals surface area contributed by atoms with E-state index in [0.717, 1.165) is 6.07 Å². The molecule has 7 nitrogen and oxygen atoms in total. The number of aromatic hydroxyl groups is 1. The number of fused-ring (bicyclic) bond motifs is 1. The van der Waals surface area contributed by atoms with E-state index in [-0.39, 0.29) is 42.0 Å². The van der Waals surface area contributed by atoms with Gasteiger partial charge in [-0.3, -0.25) is 4.68 Å². The van der Waals surface area contributed by atoms with E-state index >= 15 is 4.39 Å². The van der Waals surface area contributed by atoms with Gasteiger partial charge < -0.3 is 14.7 Å². The van der Waals surface area contributed by atoms with E-state index in [1.165, 1.54) is 16.5 Å². The van der Waals surface area contributed by atoms with Crippen LogP contribution >= 0.6 is 0 Å². The molecular formula is C25H28F4N4O3. The van der Waals surface area contributed by atoms with E-state index < -0.39 is 34.9 Å². The summed E-state index contributed by atoms with van der Waals surface area (Å²) in [7, 11) is 0. The number of aryl methyl sites for hydroxylation is 1. The second kappa shape index (κ2) is 8.94. The van der Waals surface area contributed by atoms with Crippen molar-refractivity contribution in [3.05, 3.63) is 41.6 Å². The molecule has 1 saturated heterocycles. The van der Waals surface area contributed by atoms with Crippen LogP contribution in [0.5, 0.6) is 5.75 Å². The van der Waals surface area contributed by atoms with E-state index in [2.05, 4.69) is 10.1 Å². The first kappa shape index (κ1) is 25.7. The number of nitrogens with zero attached hydrogens (tertiary/aromatic N) is 4. The number of ether oxygens (including phenoxy) is 1. The van der Waals surface area contributed by atoms with Gasteiger partial charge in [0.15, 0.2) is 5.65 Å². The maximum Gasteiger partial charge on any atom is 0.416 e. The first-order valence-electron chi connectivity index (χ1n) is 11.6. The topological polar surface area (TPSA) is 80.5 Å². The molecule has 1 aliphatic rings. The number of phenols is 1. The molecule has 0 aliphatic carbocycles. The fourth-order valence-corrected chi connectivity index (χ4v) is 4.43. The Bertz CT molecular complexity index is 1280. The molecule has 36 heavy (non-hydrogen) atoms. The Morgan fingerprint density at radius 2 is 1.94 bits per heavy atom. The zero-order chi connectivity index (χ0) is 26.5. The lowest BCUT2D eigenvalue weighted by atomic mass is 9.95. The molecule has 11 heteroatoms.